The second kappa shape index (κ2) is 5.22. The van der Waals surface area contributed by atoms with Gasteiger partial charge in [-0.15, -0.1) is 11.6 Å². The van der Waals surface area contributed by atoms with Crippen molar-refractivity contribution >= 4 is 17.5 Å². The van der Waals surface area contributed by atoms with E-state index in [1.807, 2.05) is 0 Å². The molecule has 2 nitrogen and oxygen atoms in total. The van der Waals surface area contributed by atoms with Crippen molar-refractivity contribution in [2.45, 2.75) is 18.2 Å². The molecule has 1 aliphatic carbocycles. The fourth-order valence-electron chi connectivity index (χ4n) is 2.15. The summed E-state index contributed by atoms with van der Waals surface area (Å²) >= 11 is 5.86. The number of carbonyl (C=O) groups is 1. The zero-order valence-electron chi connectivity index (χ0n) is 10.00. The topological polar surface area (TPSA) is 20.3 Å². The van der Waals surface area contributed by atoms with Gasteiger partial charge in [-0.3, -0.25) is 4.79 Å². The molecule has 18 heavy (non-hydrogen) atoms. The lowest BCUT2D eigenvalue weighted by Crippen LogP contribution is -2.38. The standard InChI is InChI=1S/C13H14ClF2NO/c1-17(7-8-5-9(14)6-8)13(18)10-3-2-4-11(15)12(10)16/h2-4,8-9H,5-7H2,1H3. The minimum atomic E-state index is -1.09. The summed E-state index contributed by atoms with van der Waals surface area (Å²) in [5.74, 6) is -2.22. The Kier molecular flexibility index (Phi) is 3.85. The van der Waals surface area contributed by atoms with Gasteiger partial charge in [0, 0.05) is 19.0 Å². The van der Waals surface area contributed by atoms with Crippen molar-refractivity contribution < 1.29 is 13.6 Å². The predicted molar refractivity (Wildman–Crippen MR) is 65.7 cm³/mol. The SMILES string of the molecule is CN(CC1CC(Cl)C1)C(=O)c1cccc(F)c1F. The van der Waals surface area contributed by atoms with Crippen LogP contribution >= 0.6 is 11.6 Å². The second-order valence-electron chi connectivity index (χ2n) is 4.72. The first-order chi connectivity index (χ1) is 8.49. The van der Waals surface area contributed by atoms with Gasteiger partial charge < -0.3 is 4.90 Å². The van der Waals surface area contributed by atoms with Gasteiger partial charge in [-0.1, -0.05) is 6.07 Å². The molecule has 0 saturated heterocycles. The van der Waals surface area contributed by atoms with E-state index in [2.05, 4.69) is 0 Å². The Balaban J connectivity index is 2.04. The molecule has 5 heteroatoms. The molecule has 0 aromatic heterocycles. The Labute approximate surface area is 110 Å². The molecule has 0 radical (unpaired) electrons. The van der Waals surface area contributed by atoms with Crippen LogP contribution in [0.2, 0.25) is 0 Å². The van der Waals surface area contributed by atoms with Crippen LogP contribution in [0.25, 0.3) is 0 Å². The van der Waals surface area contributed by atoms with E-state index in [4.69, 9.17) is 11.6 Å². The molecule has 0 spiro atoms. The Morgan fingerprint density at radius 1 is 1.44 bits per heavy atom. The van der Waals surface area contributed by atoms with Crippen LogP contribution in [0.15, 0.2) is 18.2 Å². The van der Waals surface area contributed by atoms with Crippen LogP contribution in [-0.2, 0) is 0 Å². The zero-order chi connectivity index (χ0) is 13.3. The van der Waals surface area contributed by atoms with Gasteiger partial charge in [0.1, 0.15) is 0 Å². The molecule has 0 bridgehead atoms. The van der Waals surface area contributed by atoms with E-state index in [1.54, 1.807) is 7.05 Å². The molecule has 2 rings (SSSR count). The summed E-state index contributed by atoms with van der Waals surface area (Å²) in [6.45, 7) is 0.526. The second-order valence-corrected chi connectivity index (χ2v) is 5.34. The number of hydrogen-bond donors (Lipinski definition) is 0. The summed E-state index contributed by atoms with van der Waals surface area (Å²) in [4.78, 5) is 13.4. The van der Waals surface area contributed by atoms with Crippen molar-refractivity contribution in [1.29, 1.82) is 0 Å². The van der Waals surface area contributed by atoms with Gasteiger partial charge in [0.25, 0.3) is 5.91 Å². The van der Waals surface area contributed by atoms with Gasteiger partial charge in [-0.2, -0.15) is 0 Å². The summed E-state index contributed by atoms with van der Waals surface area (Å²) in [5.41, 5.74) is -0.223. The minimum absolute atomic E-state index is 0.185. The summed E-state index contributed by atoms with van der Waals surface area (Å²) in [6.07, 6.45) is 1.73. The third-order valence-corrected chi connectivity index (χ3v) is 3.60. The third-order valence-electron chi connectivity index (χ3n) is 3.24. The first kappa shape index (κ1) is 13.3. The van der Waals surface area contributed by atoms with Crippen molar-refractivity contribution in [3.05, 3.63) is 35.4 Å². The minimum Gasteiger partial charge on any atom is -0.341 e. The molecular weight excluding hydrogens is 260 g/mol. The highest BCUT2D eigenvalue weighted by molar-refractivity contribution is 6.21. The van der Waals surface area contributed by atoms with Crippen molar-refractivity contribution in [2.75, 3.05) is 13.6 Å². The van der Waals surface area contributed by atoms with Crippen LogP contribution in [0.1, 0.15) is 23.2 Å². The van der Waals surface area contributed by atoms with Gasteiger partial charge in [0.05, 0.1) is 5.56 Å². The fraction of sp³-hybridized carbons (Fsp3) is 0.462. The van der Waals surface area contributed by atoms with Gasteiger partial charge in [0.2, 0.25) is 0 Å². The van der Waals surface area contributed by atoms with Crippen molar-refractivity contribution in [3.63, 3.8) is 0 Å². The van der Waals surface area contributed by atoms with E-state index < -0.39 is 17.5 Å². The third kappa shape index (κ3) is 2.64. The first-order valence-corrected chi connectivity index (χ1v) is 6.26. The van der Waals surface area contributed by atoms with Crippen LogP contribution in [0.3, 0.4) is 0 Å². The van der Waals surface area contributed by atoms with Crippen molar-refractivity contribution in [3.8, 4) is 0 Å². The molecule has 0 aliphatic heterocycles. The van der Waals surface area contributed by atoms with E-state index in [9.17, 15) is 13.6 Å². The molecule has 1 saturated carbocycles. The maximum atomic E-state index is 13.5. The van der Waals surface area contributed by atoms with Crippen molar-refractivity contribution in [2.24, 2.45) is 5.92 Å². The van der Waals surface area contributed by atoms with Gasteiger partial charge in [0.15, 0.2) is 11.6 Å². The number of carbonyl (C=O) groups excluding carboxylic acids is 1. The van der Waals surface area contributed by atoms with Crippen LogP contribution in [0.5, 0.6) is 0 Å². The largest absolute Gasteiger partial charge is 0.341 e. The number of nitrogens with zero attached hydrogens (tertiary/aromatic N) is 1. The lowest BCUT2D eigenvalue weighted by molar-refractivity contribution is 0.0741. The normalized spacial score (nSPS) is 22.4. The lowest BCUT2D eigenvalue weighted by atomic mass is 9.84. The van der Waals surface area contributed by atoms with Crippen molar-refractivity contribution in [1.82, 2.24) is 4.90 Å². The van der Waals surface area contributed by atoms with E-state index >= 15 is 0 Å². The maximum Gasteiger partial charge on any atom is 0.256 e. The Morgan fingerprint density at radius 2 is 2.11 bits per heavy atom. The quantitative estimate of drug-likeness (QED) is 0.775. The Hall–Kier alpha value is -1.16. The molecule has 1 aromatic carbocycles. The van der Waals surface area contributed by atoms with Crippen LogP contribution in [-0.4, -0.2) is 29.8 Å². The van der Waals surface area contributed by atoms with E-state index in [0.29, 0.717) is 12.5 Å². The van der Waals surface area contributed by atoms with Gasteiger partial charge in [-0.05, 0) is 30.9 Å². The highest BCUT2D eigenvalue weighted by Crippen LogP contribution is 2.32. The maximum absolute atomic E-state index is 13.5. The molecule has 0 unspecified atom stereocenters. The van der Waals surface area contributed by atoms with Crippen LogP contribution in [0, 0.1) is 17.6 Å². The first-order valence-electron chi connectivity index (χ1n) is 5.82. The number of amides is 1. The molecule has 0 atom stereocenters. The van der Waals surface area contributed by atoms with Crippen LogP contribution < -0.4 is 0 Å². The number of rotatable bonds is 3. The average Bonchev–Trinajstić information content (AvgIpc) is 2.30. The Morgan fingerprint density at radius 3 is 2.72 bits per heavy atom. The number of hydrogen-bond acceptors (Lipinski definition) is 1. The summed E-state index contributed by atoms with van der Waals surface area (Å²) in [7, 11) is 1.59. The van der Waals surface area contributed by atoms with E-state index in [-0.39, 0.29) is 10.9 Å². The van der Waals surface area contributed by atoms with E-state index in [1.165, 1.54) is 17.0 Å². The number of halogens is 3. The smallest absolute Gasteiger partial charge is 0.256 e. The molecule has 0 heterocycles. The molecule has 1 aromatic rings. The monoisotopic (exact) mass is 273 g/mol. The van der Waals surface area contributed by atoms with Crippen LogP contribution in [0.4, 0.5) is 8.78 Å². The summed E-state index contributed by atoms with van der Waals surface area (Å²) in [6, 6.07) is 3.62. The summed E-state index contributed by atoms with van der Waals surface area (Å²) in [5, 5.41) is 0.185. The highest BCUT2D eigenvalue weighted by Gasteiger charge is 2.30. The summed E-state index contributed by atoms with van der Waals surface area (Å²) < 4.78 is 26.5. The molecule has 1 amide bonds. The molecule has 1 aliphatic rings. The van der Waals surface area contributed by atoms with Gasteiger partial charge >= 0.3 is 0 Å². The molecule has 0 N–H and O–H groups in total. The molecular formula is C13H14ClF2NO. The van der Waals surface area contributed by atoms with E-state index in [0.717, 1.165) is 18.9 Å². The number of alkyl halides is 1. The predicted octanol–water partition coefficient (Wildman–Crippen LogP) is 3.05. The Bertz CT molecular complexity index is 460. The zero-order valence-corrected chi connectivity index (χ0v) is 10.8. The van der Waals surface area contributed by atoms with Gasteiger partial charge in [-0.25, -0.2) is 8.78 Å². The fourth-order valence-corrected chi connectivity index (χ4v) is 2.65. The average molecular weight is 274 g/mol. The number of benzene rings is 1. The lowest BCUT2D eigenvalue weighted by Gasteiger charge is -2.34. The molecule has 1 fully saturated rings. The molecule has 98 valence electrons. The highest BCUT2D eigenvalue weighted by atomic mass is 35.5.